The number of anilines is 1. The van der Waals surface area contributed by atoms with Gasteiger partial charge >= 0.3 is 12.0 Å². The number of benzene rings is 1. The fourth-order valence-corrected chi connectivity index (χ4v) is 2.57. The van der Waals surface area contributed by atoms with E-state index in [2.05, 4.69) is 10.6 Å². The van der Waals surface area contributed by atoms with Gasteiger partial charge in [-0.3, -0.25) is 4.79 Å². The van der Waals surface area contributed by atoms with E-state index in [1.165, 1.54) is 12.1 Å². The SMILES string of the molecule is N#Cc1ccc(Cl)cc1NC(=O)NC1CCC(C(=O)O)C1. The summed E-state index contributed by atoms with van der Waals surface area (Å²) in [7, 11) is 0. The van der Waals surface area contributed by atoms with Crippen LogP contribution in [0.4, 0.5) is 10.5 Å². The third-order valence-corrected chi connectivity index (χ3v) is 3.70. The average Bonchev–Trinajstić information content (AvgIpc) is 2.87. The van der Waals surface area contributed by atoms with Gasteiger partial charge in [-0.2, -0.15) is 5.26 Å². The van der Waals surface area contributed by atoms with Crippen LogP contribution in [0.15, 0.2) is 18.2 Å². The van der Waals surface area contributed by atoms with Crippen molar-refractivity contribution in [3.05, 3.63) is 28.8 Å². The van der Waals surface area contributed by atoms with Crippen LogP contribution in [0.25, 0.3) is 0 Å². The zero-order valence-electron chi connectivity index (χ0n) is 11.1. The quantitative estimate of drug-likeness (QED) is 0.798. The van der Waals surface area contributed by atoms with Gasteiger partial charge in [0, 0.05) is 11.1 Å². The van der Waals surface area contributed by atoms with Crippen LogP contribution in [0.5, 0.6) is 0 Å². The molecule has 0 aromatic heterocycles. The van der Waals surface area contributed by atoms with E-state index in [0.717, 1.165) is 0 Å². The van der Waals surface area contributed by atoms with E-state index in [1.807, 2.05) is 6.07 Å². The smallest absolute Gasteiger partial charge is 0.319 e. The lowest BCUT2D eigenvalue weighted by molar-refractivity contribution is -0.141. The molecular formula is C14H14ClN3O3. The number of halogens is 1. The molecule has 21 heavy (non-hydrogen) atoms. The minimum Gasteiger partial charge on any atom is -0.481 e. The molecule has 0 bridgehead atoms. The average molecular weight is 308 g/mol. The summed E-state index contributed by atoms with van der Waals surface area (Å²) in [6, 6.07) is 5.91. The first kappa shape index (κ1) is 15.1. The van der Waals surface area contributed by atoms with Gasteiger partial charge in [-0.1, -0.05) is 11.6 Å². The third-order valence-electron chi connectivity index (χ3n) is 3.47. The molecule has 0 aliphatic heterocycles. The van der Waals surface area contributed by atoms with E-state index < -0.39 is 17.9 Å². The van der Waals surface area contributed by atoms with Crippen molar-refractivity contribution in [3.63, 3.8) is 0 Å². The number of amides is 2. The van der Waals surface area contributed by atoms with Crippen molar-refractivity contribution in [1.82, 2.24) is 5.32 Å². The molecule has 7 heteroatoms. The molecule has 2 atom stereocenters. The second-order valence-corrected chi connectivity index (χ2v) is 5.38. The minimum absolute atomic E-state index is 0.171. The van der Waals surface area contributed by atoms with Crippen molar-refractivity contribution in [2.45, 2.75) is 25.3 Å². The number of nitrogens with one attached hydrogen (secondary N) is 2. The Balaban J connectivity index is 1.96. The lowest BCUT2D eigenvalue weighted by Gasteiger charge is -2.14. The second-order valence-electron chi connectivity index (χ2n) is 4.95. The van der Waals surface area contributed by atoms with E-state index in [1.54, 1.807) is 6.07 Å². The molecule has 1 aliphatic rings. The number of carbonyl (C=O) groups is 2. The molecular weight excluding hydrogens is 294 g/mol. The molecule has 1 aliphatic carbocycles. The number of carboxylic acids is 1. The van der Waals surface area contributed by atoms with Crippen molar-refractivity contribution in [2.75, 3.05) is 5.32 Å². The highest BCUT2D eigenvalue weighted by Crippen LogP contribution is 2.26. The third kappa shape index (κ3) is 3.86. The summed E-state index contributed by atoms with van der Waals surface area (Å²) < 4.78 is 0. The van der Waals surface area contributed by atoms with Crippen LogP contribution in [0, 0.1) is 17.2 Å². The molecule has 2 rings (SSSR count). The fraction of sp³-hybridized carbons (Fsp3) is 0.357. The van der Waals surface area contributed by atoms with Crippen LogP contribution in [0.2, 0.25) is 5.02 Å². The predicted octanol–water partition coefficient (Wildman–Crippen LogP) is 2.59. The standard InChI is InChI=1S/C14H14ClN3O3/c15-10-3-1-9(7-16)12(6-10)18-14(21)17-11-4-2-8(5-11)13(19)20/h1,3,6,8,11H,2,4-5H2,(H,19,20)(H2,17,18,21). The lowest BCUT2D eigenvalue weighted by atomic mass is 10.1. The monoisotopic (exact) mass is 307 g/mol. The van der Waals surface area contributed by atoms with Crippen molar-refractivity contribution >= 4 is 29.3 Å². The number of carboxylic acid groups (broad SMARTS) is 1. The molecule has 1 saturated carbocycles. The maximum absolute atomic E-state index is 11.9. The molecule has 2 amide bonds. The van der Waals surface area contributed by atoms with Crippen LogP contribution < -0.4 is 10.6 Å². The summed E-state index contributed by atoms with van der Waals surface area (Å²) in [5, 5.41) is 23.6. The Kier molecular flexibility index (Phi) is 4.66. The number of hydrogen-bond acceptors (Lipinski definition) is 3. The normalized spacial score (nSPS) is 20.6. The molecule has 0 heterocycles. The van der Waals surface area contributed by atoms with Crippen LogP contribution in [-0.2, 0) is 4.79 Å². The Bertz CT molecular complexity index is 612. The number of urea groups is 1. The van der Waals surface area contributed by atoms with Gasteiger partial charge in [0.2, 0.25) is 0 Å². The van der Waals surface area contributed by atoms with Crippen LogP contribution in [0.3, 0.4) is 0 Å². The van der Waals surface area contributed by atoms with Gasteiger partial charge in [-0.15, -0.1) is 0 Å². The van der Waals surface area contributed by atoms with E-state index >= 15 is 0 Å². The Morgan fingerprint density at radius 3 is 2.76 bits per heavy atom. The molecule has 0 spiro atoms. The molecule has 110 valence electrons. The van der Waals surface area contributed by atoms with E-state index in [-0.39, 0.29) is 6.04 Å². The maximum atomic E-state index is 11.9. The first-order valence-corrected chi connectivity index (χ1v) is 6.87. The summed E-state index contributed by atoms with van der Waals surface area (Å²) in [4.78, 5) is 22.8. The van der Waals surface area contributed by atoms with Gasteiger partial charge in [-0.05, 0) is 37.5 Å². The first-order chi connectivity index (χ1) is 9.99. The molecule has 1 aromatic carbocycles. The van der Waals surface area contributed by atoms with Crippen LogP contribution in [0.1, 0.15) is 24.8 Å². The van der Waals surface area contributed by atoms with Crippen molar-refractivity contribution in [3.8, 4) is 6.07 Å². The molecule has 1 aromatic rings. The highest BCUT2D eigenvalue weighted by atomic mass is 35.5. The molecule has 0 radical (unpaired) electrons. The van der Waals surface area contributed by atoms with Crippen LogP contribution >= 0.6 is 11.6 Å². The molecule has 6 nitrogen and oxygen atoms in total. The maximum Gasteiger partial charge on any atom is 0.319 e. The molecule has 3 N–H and O–H groups in total. The van der Waals surface area contributed by atoms with Gasteiger partial charge in [0.15, 0.2) is 0 Å². The molecule has 2 unspecified atom stereocenters. The summed E-state index contributed by atoms with van der Waals surface area (Å²) in [5.41, 5.74) is 0.639. The number of nitriles is 1. The first-order valence-electron chi connectivity index (χ1n) is 6.49. The topological polar surface area (TPSA) is 102 Å². The van der Waals surface area contributed by atoms with Gasteiger partial charge in [-0.25, -0.2) is 4.79 Å². The Labute approximate surface area is 126 Å². The Morgan fingerprint density at radius 2 is 2.14 bits per heavy atom. The number of hydrogen-bond donors (Lipinski definition) is 3. The van der Waals surface area contributed by atoms with E-state index in [0.29, 0.717) is 35.5 Å². The fourth-order valence-electron chi connectivity index (χ4n) is 2.40. The Hall–Kier alpha value is -2.26. The highest BCUT2D eigenvalue weighted by molar-refractivity contribution is 6.31. The summed E-state index contributed by atoms with van der Waals surface area (Å²) in [5.74, 6) is -1.24. The van der Waals surface area contributed by atoms with Gasteiger partial charge < -0.3 is 15.7 Å². The summed E-state index contributed by atoms with van der Waals surface area (Å²) in [6.07, 6.45) is 1.61. The number of aliphatic carboxylic acids is 1. The number of rotatable bonds is 3. The minimum atomic E-state index is -0.832. The van der Waals surface area contributed by atoms with Gasteiger partial charge in [0.05, 0.1) is 17.2 Å². The van der Waals surface area contributed by atoms with E-state index in [4.69, 9.17) is 22.0 Å². The largest absolute Gasteiger partial charge is 0.481 e. The van der Waals surface area contributed by atoms with Crippen LogP contribution in [-0.4, -0.2) is 23.1 Å². The highest BCUT2D eigenvalue weighted by Gasteiger charge is 2.30. The van der Waals surface area contributed by atoms with Crippen molar-refractivity contribution in [2.24, 2.45) is 5.92 Å². The Morgan fingerprint density at radius 1 is 1.38 bits per heavy atom. The lowest BCUT2D eigenvalue weighted by Crippen LogP contribution is -2.36. The van der Waals surface area contributed by atoms with Gasteiger partial charge in [0.25, 0.3) is 0 Å². The number of carbonyl (C=O) groups excluding carboxylic acids is 1. The zero-order valence-corrected chi connectivity index (χ0v) is 11.9. The van der Waals surface area contributed by atoms with Gasteiger partial charge in [0.1, 0.15) is 6.07 Å². The zero-order chi connectivity index (χ0) is 15.4. The van der Waals surface area contributed by atoms with E-state index in [9.17, 15) is 9.59 Å². The van der Waals surface area contributed by atoms with Crippen molar-refractivity contribution in [1.29, 1.82) is 5.26 Å². The molecule has 1 fully saturated rings. The predicted molar refractivity (Wildman–Crippen MR) is 77.1 cm³/mol. The second kappa shape index (κ2) is 6.46. The summed E-state index contributed by atoms with van der Waals surface area (Å²) >= 11 is 5.84. The molecule has 0 saturated heterocycles. The van der Waals surface area contributed by atoms with Crippen molar-refractivity contribution < 1.29 is 14.7 Å². The summed E-state index contributed by atoms with van der Waals surface area (Å²) in [6.45, 7) is 0. The number of nitrogens with zero attached hydrogens (tertiary/aromatic N) is 1.